The van der Waals surface area contributed by atoms with Gasteiger partial charge in [0.15, 0.2) is 0 Å². The first-order valence-corrected chi connectivity index (χ1v) is 6.80. The van der Waals surface area contributed by atoms with Gasteiger partial charge in [0.1, 0.15) is 5.75 Å². The number of hydrogen-bond acceptors (Lipinski definition) is 3. The molecule has 3 rings (SSSR count). The summed E-state index contributed by atoms with van der Waals surface area (Å²) < 4.78 is 10.8. The van der Waals surface area contributed by atoms with E-state index in [2.05, 4.69) is 30.4 Å². The predicted octanol–water partition coefficient (Wildman–Crippen LogP) is 2.45. The zero-order chi connectivity index (χ0) is 12.5. The largest absolute Gasteiger partial charge is 0.493 e. The predicted molar refractivity (Wildman–Crippen MR) is 71.0 cm³/mol. The highest BCUT2D eigenvalue weighted by molar-refractivity contribution is 5.40. The summed E-state index contributed by atoms with van der Waals surface area (Å²) in [4.78, 5) is 0. The van der Waals surface area contributed by atoms with Crippen molar-refractivity contribution in [1.29, 1.82) is 0 Å². The molecule has 1 N–H and O–H groups in total. The van der Waals surface area contributed by atoms with Crippen LogP contribution in [0.5, 0.6) is 5.75 Å². The average molecular weight is 247 g/mol. The third-order valence-corrected chi connectivity index (χ3v) is 4.13. The molecule has 0 aromatic heterocycles. The van der Waals surface area contributed by atoms with Crippen molar-refractivity contribution in [2.75, 3.05) is 13.7 Å². The highest BCUT2D eigenvalue weighted by Crippen LogP contribution is 2.30. The molecule has 0 amide bonds. The Hall–Kier alpha value is -1.06. The van der Waals surface area contributed by atoms with Gasteiger partial charge in [-0.3, -0.25) is 0 Å². The molecule has 1 fully saturated rings. The Morgan fingerprint density at radius 2 is 2.22 bits per heavy atom. The van der Waals surface area contributed by atoms with Crippen molar-refractivity contribution in [3.8, 4) is 5.75 Å². The van der Waals surface area contributed by atoms with Crippen LogP contribution in [-0.2, 0) is 11.2 Å². The van der Waals surface area contributed by atoms with Crippen LogP contribution in [0.1, 0.15) is 36.9 Å². The third kappa shape index (κ3) is 2.25. The number of hydrogen-bond donors (Lipinski definition) is 1. The van der Waals surface area contributed by atoms with E-state index in [4.69, 9.17) is 9.47 Å². The lowest BCUT2D eigenvalue weighted by Crippen LogP contribution is -2.45. The number of benzene rings is 1. The summed E-state index contributed by atoms with van der Waals surface area (Å²) in [5.74, 6) is 1.06. The summed E-state index contributed by atoms with van der Waals surface area (Å²) >= 11 is 0. The number of rotatable bonds is 4. The molecule has 1 heterocycles. The van der Waals surface area contributed by atoms with E-state index in [1.54, 1.807) is 7.11 Å². The van der Waals surface area contributed by atoms with Gasteiger partial charge in [-0.15, -0.1) is 0 Å². The van der Waals surface area contributed by atoms with Crippen LogP contribution in [0.3, 0.4) is 0 Å². The highest BCUT2D eigenvalue weighted by Gasteiger charge is 2.30. The molecule has 1 aliphatic heterocycles. The Bertz CT molecular complexity index is 427. The molecule has 0 radical (unpaired) electrons. The molecule has 18 heavy (non-hydrogen) atoms. The fraction of sp³-hybridized carbons (Fsp3) is 0.600. The monoisotopic (exact) mass is 247 g/mol. The van der Waals surface area contributed by atoms with Crippen LogP contribution < -0.4 is 10.1 Å². The Balaban J connectivity index is 1.61. The Morgan fingerprint density at radius 1 is 1.39 bits per heavy atom. The molecule has 1 atom stereocenters. The lowest BCUT2D eigenvalue weighted by molar-refractivity contribution is 0.0147. The van der Waals surface area contributed by atoms with Crippen LogP contribution in [-0.4, -0.2) is 25.9 Å². The smallest absolute Gasteiger partial charge is 0.122 e. The van der Waals surface area contributed by atoms with E-state index in [1.807, 2.05) is 0 Å². The molecular formula is C15H21NO2. The van der Waals surface area contributed by atoms with Gasteiger partial charge in [-0.25, -0.2) is 0 Å². The van der Waals surface area contributed by atoms with Crippen molar-refractivity contribution in [3.63, 3.8) is 0 Å². The molecule has 1 aromatic carbocycles. The second-order valence-corrected chi connectivity index (χ2v) is 5.38. The van der Waals surface area contributed by atoms with E-state index >= 15 is 0 Å². The first-order valence-electron chi connectivity index (χ1n) is 6.80. The molecule has 1 saturated carbocycles. The lowest BCUT2D eigenvalue weighted by atomic mass is 9.88. The number of fused-ring (bicyclic) bond motifs is 1. The van der Waals surface area contributed by atoms with Gasteiger partial charge < -0.3 is 14.8 Å². The van der Waals surface area contributed by atoms with Gasteiger partial charge in [0.25, 0.3) is 0 Å². The van der Waals surface area contributed by atoms with Crippen LogP contribution >= 0.6 is 0 Å². The minimum absolute atomic E-state index is 0.402. The summed E-state index contributed by atoms with van der Waals surface area (Å²) in [6, 6.07) is 7.57. The molecule has 3 nitrogen and oxygen atoms in total. The van der Waals surface area contributed by atoms with Crippen molar-refractivity contribution in [1.82, 2.24) is 5.32 Å². The van der Waals surface area contributed by atoms with E-state index in [1.165, 1.54) is 11.1 Å². The summed E-state index contributed by atoms with van der Waals surface area (Å²) in [6.45, 7) is 3.07. The zero-order valence-corrected chi connectivity index (χ0v) is 11.1. The fourth-order valence-corrected chi connectivity index (χ4v) is 2.82. The van der Waals surface area contributed by atoms with Crippen LogP contribution in [0.25, 0.3) is 0 Å². The van der Waals surface area contributed by atoms with E-state index < -0.39 is 0 Å². The summed E-state index contributed by atoms with van der Waals surface area (Å²) in [5.41, 5.74) is 2.71. The number of ether oxygens (including phenoxy) is 2. The second-order valence-electron chi connectivity index (χ2n) is 5.38. The zero-order valence-electron chi connectivity index (χ0n) is 11.1. The maximum absolute atomic E-state index is 5.54. The average Bonchev–Trinajstić information content (AvgIpc) is 2.79. The Kier molecular flexibility index (Phi) is 3.27. The van der Waals surface area contributed by atoms with E-state index in [-0.39, 0.29) is 0 Å². The van der Waals surface area contributed by atoms with E-state index in [9.17, 15) is 0 Å². The highest BCUT2D eigenvalue weighted by atomic mass is 16.5. The van der Waals surface area contributed by atoms with E-state index in [0.29, 0.717) is 18.2 Å². The van der Waals surface area contributed by atoms with Gasteiger partial charge >= 0.3 is 0 Å². The SMILES string of the molecule is COC1CC(NC(C)c2ccc3c(c2)CCO3)C1. The maximum Gasteiger partial charge on any atom is 0.122 e. The van der Waals surface area contributed by atoms with Gasteiger partial charge in [-0.05, 0) is 37.0 Å². The van der Waals surface area contributed by atoms with Gasteiger partial charge in [0, 0.05) is 25.6 Å². The minimum Gasteiger partial charge on any atom is -0.493 e. The Labute approximate surface area is 108 Å². The minimum atomic E-state index is 0.402. The topological polar surface area (TPSA) is 30.5 Å². The molecular weight excluding hydrogens is 226 g/mol. The second kappa shape index (κ2) is 4.90. The van der Waals surface area contributed by atoms with Crippen LogP contribution in [0.15, 0.2) is 18.2 Å². The summed E-state index contributed by atoms with van der Waals surface area (Å²) in [6.07, 6.45) is 3.78. The van der Waals surface area contributed by atoms with Crippen molar-refractivity contribution in [2.45, 2.75) is 44.4 Å². The van der Waals surface area contributed by atoms with E-state index in [0.717, 1.165) is 31.6 Å². The third-order valence-electron chi connectivity index (χ3n) is 4.13. The number of methoxy groups -OCH3 is 1. The van der Waals surface area contributed by atoms with Gasteiger partial charge in [0.05, 0.1) is 12.7 Å². The molecule has 1 unspecified atom stereocenters. The first kappa shape index (κ1) is 12.0. The molecule has 2 aliphatic rings. The summed E-state index contributed by atoms with van der Waals surface area (Å²) in [7, 11) is 1.80. The molecule has 0 spiro atoms. The van der Waals surface area contributed by atoms with Gasteiger partial charge in [-0.2, -0.15) is 0 Å². The first-order chi connectivity index (χ1) is 8.76. The van der Waals surface area contributed by atoms with Crippen molar-refractivity contribution in [3.05, 3.63) is 29.3 Å². The lowest BCUT2D eigenvalue weighted by Gasteiger charge is -2.36. The van der Waals surface area contributed by atoms with Crippen LogP contribution in [0.4, 0.5) is 0 Å². The molecule has 3 heteroatoms. The van der Waals surface area contributed by atoms with Crippen molar-refractivity contribution in [2.24, 2.45) is 0 Å². The van der Waals surface area contributed by atoms with Gasteiger partial charge in [0.2, 0.25) is 0 Å². The maximum atomic E-state index is 5.54. The van der Waals surface area contributed by atoms with Crippen LogP contribution in [0, 0.1) is 0 Å². The van der Waals surface area contributed by atoms with Crippen LogP contribution in [0.2, 0.25) is 0 Å². The molecule has 0 bridgehead atoms. The number of nitrogens with one attached hydrogen (secondary N) is 1. The molecule has 1 aliphatic carbocycles. The summed E-state index contributed by atoms with van der Waals surface area (Å²) in [5, 5.41) is 3.67. The normalized spacial score (nSPS) is 27.2. The molecule has 0 saturated heterocycles. The Morgan fingerprint density at radius 3 is 3.00 bits per heavy atom. The van der Waals surface area contributed by atoms with Crippen molar-refractivity contribution < 1.29 is 9.47 Å². The van der Waals surface area contributed by atoms with Crippen molar-refractivity contribution >= 4 is 0 Å². The fourth-order valence-electron chi connectivity index (χ4n) is 2.82. The van der Waals surface area contributed by atoms with Gasteiger partial charge in [-0.1, -0.05) is 12.1 Å². The standard InChI is InChI=1S/C15H21NO2/c1-10(16-13-8-14(9-13)17-2)11-3-4-15-12(7-11)5-6-18-15/h3-4,7,10,13-14,16H,5-6,8-9H2,1-2H3. The molecule has 1 aromatic rings. The molecule has 98 valence electrons. The quantitative estimate of drug-likeness (QED) is 0.886.